The van der Waals surface area contributed by atoms with E-state index in [-0.39, 0.29) is 6.04 Å². The van der Waals surface area contributed by atoms with E-state index < -0.39 is 0 Å². The summed E-state index contributed by atoms with van der Waals surface area (Å²) in [5.74, 6) is 0.861. The van der Waals surface area contributed by atoms with Gasteiger partial charge in [0.2, 0.25) is 0 Å². The summed E-state index contributed by atoms with van der Waals surface area (Å²) >= 11 is 9.46. The lowest BCUT2D eigenvalue weighted by Gasteiger charge is -2.17. The van der Waals surface area contributed by atoms with Gasteiger partial charge in [-0.2, -0.15) is 0 Å². The highest BCUT2D eigenvalue weighted by molar-refractivity contribution is 9.10. The van der Waals surface area contributed by atoms with Crippen LogP contribution in [-0.2, 0) is 0 Å². The standard InChI is InChI=1S/C12H16BrClN2/c13-10-4-3-9(5-11(10)14)12(6-15)16-7-8-1-2-8/h3-5,8,12,16H,1-2,6-7,15H2. The summed E-state index contributed by atoms with van der Waals surface area (Å²) < 4.78 is 0.927. The lowest BCUT2D eigenvalue weighted by atomic mass is 10.1. The number of halogens is 2. The van der Waals surface area contributed by atoms with Crippen molar-refractivity contribution < 1.29 is 0 Å². The molecule has 0 heterocycles. The van der Waals surface area contributed by atoms with Crippen molar-refractivity contribution in [3.63, 3.8) is 0 Å². The van der Waals surface area contributed by atoms with Crippen molar-refractivity contribution in [2.45, 2.75) is 18.9 Å². The lowest BCUT2D eigenvalue weighted by Crippen LogP contribution is -2.29. The van der Waals surface area contributed by atoms with Crippen LogP contribution in [0.5, 0.6) is 0 Å². The molecule has 4 heteroatoms. The average Bonchev–Trinajstić information content (AvgIpc) is 3.08. The maximum atomic E-state index is 6.07. The Morgan fingerprint density at radius 3 is 2.81 bits per heavy atom. The van der Waals surface area contributed by atoms with Crippen molar-refractivity contribution in [3.8, 4) is 0 Å². The summed E-state index contributed by atoms with van der Waals surface area (Å²) in [6.07, 6.45) is 2.71. The molecular formula is C12H16BrClN2. The molecule has 0 bridgehead atoms. The molecule has 1 aliphatic carbocycles. The minimum absolute atomic E-state index is 0.214. The van der Waals surface area contributed by atoms with Crippen LogP contribution >= 0.6 is 27.5 Å². The van der Waals surface area contributed by atoms with Crippen molar-refractivity contribution in [1.29, 1.82) is 0 Å². The van der Waals surface area contributed by atoms with E-state index in [1.165, 1.54) is 12.8 Å². The Bertz CT molecular complexity index is 366. The lowest BCUT2D eigenvalue weighted by molar-refractivity contribution is 0.522. The molecule has 0 spiro atoms. The van der Waals surface area contributed by atoms with Gasteiger partial charge in [-0.3, -0.25) is 0 Å². The molecule has 1 unspecified atom stereocenters. The molecule has 1 aliphatic rings. The Labute approximate surface area is 110 Å². The molecule has 88 valence electrons. The molecule has 1 atom stereocenters. The Hall–Kier alpha value is -0.0900. The zero-order valence-corrected chi connectivity index (χ0v) is 11.4. The summed E-state index contributed by atoms with van der Waals surface area (Å²) in [7, 11) is 0. The predicted molar refractivity (Wildman–Crippen MR) is 71.7 cm³/mol. The predicted octanol–water partition coefficient (Wildman–Crippen LogP) is 3.10. The van der Waals surface area contributed by atoms with Crippen LogP contribution in [0, 0.1) is 5.92 Å². The average molecular weight is 304 g/mol. The summed E-state index contributed by atoms with van der Waals surface area (Å²) in [4.78, 5) is 0. The Morgan fingerprint density at radius 1 is 1.50 bits per heavy atom. The minimum Gasteiger partial charge on any atom is -0.329 e. The van der Waals surface area contributed by atoms with E-state index in [0.717, 1.165) is 27.5 Å². The van der Waals surface area contributed by atoms with E-state index >= 15 is 0 Å². The van der Waals surface area contributed by atoms with Gasteiger partial charge in [0.05, 0.1) is 5.02 Å². The van der Waals surface area contributed by atoms with Gasteiger partial charge >= 0.3 is 0 Å². The maximum absolute atomic E-state index is 6.07. The number of hydrogen-bond donors (Lipinski definition) is 2. The first-order valence-corrected chi connectivity index (χ1v) is 6.76. The van der Waals surface area contributed by atoms with Crippen LogP contribution in [-0.4, -0.2) is 13.1 Å². The van der Waals surface area contributed by atoms with Gasteiger partial charge in [-0.1, -0.05) is 17.7 Å². The topological polar surface area (TPSA) is 38.0 Å². The molecule has 2 nitrogen and oxygen atoms in total. The van der Waals surface area contributed by atoms with Crippen molar-refractivity contribution in [1.82, 2.24) is 5.32 Å². The molecular weight excluding hydrogens is 288 g/mol. The van der Waals surface area contributed by atoms with Crippen LogP contribution in [0.25, 0.3) is 0 Å². The van der Waals surface area contributed by atoms with Crippen molar-refractivity contribution in [3.05, 3.63) is 33.3 Å². The van der Waals surface area contributed by atoms with Gasteiger partial charge in [-0.15, -0.1) is 0 Å². The van der Waals surface area contributed by atoms with Gasteiger partial charge in [0.1, 0.15) is 0 Å². The normalized spacial score (nSPS) is 17.4. The van der Waals surface area contributed by atoms with Crippen molar-refractivity contribution in [2.24, 2.45) is 11.7 Å². The van der Waals surface area contributed by atoms with Crippen LogP contribution < -0.4 is 11.1 Å². The van der Waals surface area contributed by atoms with Crippen molar-refractivity contribution in [2.75, 3.05) is 13.1 Å². The second kappa shape index (κ2) is 5.50. The van der Waals surface area contributed by atoms with Gasteiger partial charge in [-0.25, -0.2) is 0 Å². The van der Waals surface area contributed by atoms with Crippen LogP contribution in [0.4, 0.5) is 0 Å². The molecule has 16 heavy (non-hydrogen) atoms. The van der Waals surface area contributed by atoms with Gasteiger partial charge in [0, 0.05) is 17.1 Å². The first-order valence-electron chi connectivity index (χ1n) is 5.59. The smallest absolute Gasteiger partial charge is 0.0551 e. The molecule has 0 amide bonds. The highest BCUT2D eigenvalue weighted by Crippen LogP contribution is 2.29. The maximum Gasteiger partial charge on any atom is 0.0551 e. The van der Waals surface area contributed by atoms with E-state index in [1.54, 1.807) is 0 Å². The molecule has 1 saturated carbocycles. The van der Waals surface area contributed by atoms with E-state index in [1.807, 2.05) is 12.1 Å². The van der Waals surface area contributed by atoms with Crippen LogP contribution in [0.2, 0.25) is 5.02 Å². The largest absolute Gasteiger partial charge is 0.329 e. The first-order chi connectivity index (χ1) is 7.70. The molecule has 2 rings (SSSR count). The quantitative estimate of drug-likeness (QED) is 0.877. The van der Waals surface area contributed by atoms with E-state index in [4.69, 9.17) is 17.3 Å². The molecule has 0 saturated heterocycles. The van der Waals surface area contributed by atoms with Gasteiger partial charge < -0.3 is 11.1 Å². The summed E-state index contributed by atoms with van der Waals surface area (Å²) in [6.45, 7) is 1.67. The Kier molecular flexibility index (Phi) is 4.25. The first kappa shape index (κ1) is 12.4. The monoisotopic (exact) mass is 302 g/mol. The number of nitrogens with one attached hydrogen (secondary N) is 1. The number of nitrogens with two attached hydrogens (primary N) is 1. The second-order valence-corrected chi connectivity index (χ2v) is 5.57. The van der Waals surface area contributed by atoms with E-state index in [9.17, 15) is 0 Å². The third kappa shape index (κ3) is 3.20. The fourth-order valence-corrected chi connectivity index (χ4v) is 2.13. The van der Waals surface area contributed by atoms with E-state index in [0.29, 0.717) is 6.54 Å². The fourth-order valence-electron chi connectivity index (χ4n) is 1.70. The summed E-state index contributed by atoms with van der Waals surface area (Å²) in [5.41, 5.74) is 6.95. The van der Waals surface area contributed by atoms with Crippen LogP contribution in [0.3, 0.4) is 0 Å². The fraction of sp³-hybridized carbons (Fsp3) is 0.500. The van der Waals surface area contributed by atoms with Gasteiger partial charge in [0.25, 0.3) is 0 Å². The molecule has 0 aromatic heterocycles. The SMILES string of the molecule is NCC(NCC1CC1)c1ccc(Br)c(Cl)c1. The third-order valence-corrected chi connectivity index (χ3v) is 4.16. The number of benzene rings is 1. The highest BCUT2D eigenvalue weighted by atomic mass is 79.9. The minimum atomic E-state index is 0.214. The van der Waals surface area contributed by atoms with Crippen LogP contribution in [0.15, 0.2) is 22.7 Å². The van der Waals surface area contributed by atoms with E-state index in [2.05, 4.69) is 27.3 Å². The van der Waals surface area contributed by atoms with Crippen LogP contribution in [0.1, 0.15) is 24.4 Å². The molecule has 0 radical (unpaired) electrons. The molecule has 3 N–H and O–H groups in total. The Morgan fingerprint density at radius 2 is 2.25 bits per heavy atom. The number of hydrogen-bond acceptors (Lipinski definition) is 2. The zero-order chi connectivity index (χ0) is 11.5. The zero-order valence-electron chi connectivity index (χ0n) is 9.05. The molecule has 1 fully saturated rings. The molecule has 1 aromatic carbocycles. The number of rotatable bonds is 5. The van der Waals surface area contributed by atoms with Gasteiger partial charge in [0.15, 0.2) is 0 Å². The van der Waals surface area contributed by atoms with Gasteiger partial charge in [-0.05, 0) is 58.9 Å². The second-order valence-electron chi connectivity index (χ2n) is 4.31. The summed E-state index contributed by atoms with van der Waals surface area (Å²) in [5, 5.41) is 4.24. The molecule has 1 aromatic rings. The highest BCUT2D eigenvalue weighted by Gasteiger charge is 2.22. The van der Waals surface area contributed by atoms with Crippen molar-refractivity contribution >= 4 is 27.5 Å². The Balaban J connectivity index is 2.02. The summed E-state index contributed by atoms with van der Waals surface area (Å²) in [6, 6.07) is 6.22. The third-order valence-electron chi connectivity index (χ3n) is 2.93. The molecule has 0 aliphatic heterocycles.